The maximum Gasteiger partial charge on any atom is 0.306 e. The second-order valence-electron chi connectivity index (χ2n) is 8.10. The summed E-state index contributed by atoms with van der Waals surface area (Å²) in [6.07, 6.45) is 3.42. The molecule has 1 aliphatic carbocycles. The molecule has 0 spiro atoms. The Labute approximate surface area is 167 Å². The smallest absolute Gasteiger partial charge is 0.306 e. The largest absolute Gasteiger partial charge is 0.488 e. The van der Waals surface area contributed by atoms with Crippen LogP contribution in [0, 0.1) is 26.7 Å². The predicted octanol–water partition coefficient (Wildman–Crippen LogP) is 4.92. The van der Waals surface area contributed by atoms with Crippen molar-refractivity contribution in [3.63, 3.8) is 0 Å². The molecule has 2 aromatic rings. The average molecular weight is 382 g/mol. The first-order valence-corrected chi connectivity index (χ1v) is 10.2. The molecule has 2 aromatic carbocycles. The van der Waals surface area contributed by atoms with Crippen LogP contribution in [-0.4, -0.2) is 17.1 Å². The highest BCUT2D eigenvalue weighted by Gasteiger charge is 2.25. The van der Waals surface area contributed by atoms with Gasteiger partial charge in [-0.15, -0.1) is 0 Å². The Morgan fingerprint density at radius 2 is 1.71 bits per heavy atom. The molecule has 1 aliphatic rings. The van der Waals surface area contributed by atoms with Crippen molar-refractivity contribution < 1.29 is 14.6 Å². The summed E-state index contributed by atoms with van der Waals surface area (Å²) in [5.41, 5.74) is 5.98. The van der Waals surface area contributed by atoms with Gasteiger partial charge in [0.2, 0.25) is 0 Å². The molecule has 1 fully saturated rings. The molecule has 150 valence electrons. The Kier molecular flexibility index (Phi) is 6.74. The highest BCUT2D eigenvalue weighted by Crippen LogP contribution is 2.27. The number of aryl methyl sites for hydroxylation is 3. The number of hydrogen-bond acceptors (Lipinski definition) is 3. The number of nitrogens with one attached hydrogen (secondary N) is 1. The number of carbonyl (C=O) groups is 1. The minimum absolute atomic E-state index is 0.160. The summed E-state index contributed by atoms with van der Waals surface area (Å²) >= 11 is 0. The number of hydrogen-bond donors (Lipinski definition) is 2. The van der Waals surface area contributed by atoms with E-state index in [1.165, 1.54) is 16.7 Å². The summed E-state index contributed by atoms with van der Waals surface area (Å²) in [6, 6.07) is 13.2. The lowest BCUT2D eigenvalue weighted by Crippen LogP contribution is -2.34. The van der Waals surface area contributed by atoms with Crippen molar-refractivity contribution >= 4 is 5.97 Å². The summed E-state index contributed by atoms with van der Waals surface area (Å²) in [5.74, 6) is 0.158. The van der Waals surface area contributed by atoms with Crippen LogP contribution in [0.4, 0.5) is 0 Å². The van der Waals surface area contributed by atoms with Gasteiger partial charge < -0.3 is 15.2 Å². The van der Waals surface area contributed by atoms with Crippen LogP contribution in [0.5, 0.6) is 5.75 Å². The molecule has 0 atom stereocenters. The van der Waals surface area contributed by atoms with E-state index in [0.29, 0.717) is 12.6 Å². The van der Waals surface area contributed by atoms with Crippen LogP contribution >= 0.6 is 0 Å². The summed E-state index contributed by atoms with van der Waals surface area (Å²) in [7, 11) is 0. The topological polar surface area (TPSA) is 58.6 Å². The predicted molar refractivity (Wildman–Crippen MR) is 112 cm³/mol. The fraction of sp³-hybridized carbons (Fsp3) is 0.458. The van der Waals surface area contributed by atoms with Crippen LogP contribution in [0.1, 0.15) is 53.5 Å². The number of carboxylic acids is 1. The standard InChI is InChI=1S/C24H31NO3/c1-16-5-4-6-19(11-16)15-28-23-17(2)12-20(13-18(23)3)14-25-22-9-7-21(8-10-22)24(26)27/h4-6,11-13,21-22,25H,7-10,14-15H2,1-3H3,(H,26,27). The third-order valence-corrected chi connectivity index (χ3v) is 5.66. The van der Waals surface area contributed by atoms with Crippen LogP contribution in [-0.2, 0) is 17.9 Å². The molecule has 0 saturated heterocycles. The second kappa shape index (κ2) is 9.24. The first-order valence-electron chi connectivity index (χ1n) is 10.2. The van der Waals surface area contributed by atoms with Gasteiger partial charge >= 0.3 is 5.97 Å². The molecule has 0 radical (unpaired) electrons. The summed E-state index contributed by atoms with van der Waals surface area (Å²) < 4.78 is 6.12. The van der Waals surface area contributed by atoms with Crippen LogP contribution in [0.15, 0.2) is 36.4 Å². The molecule has 4 heteroatoms. The number of rotatable bonds is 7. The molecule has 0 aliphatic heterocycles. The van der Waals surface area contributed by atoms with E-state index in [1.807, 2.05) is 0 Å². The summed E-state index contributed by atoms with van der Waals surface area (Å²) in [4.78, 5) is 11.1. The van der Waals surface area contributed by atoms with Crippen LogP contribution in [0.25, 0.3) is 0 Å². The van der Waals surface area contributed by atoms with Gasteiger partial charge in [-0.05, 0) is 68.7 Å². The van der Waals surface area contributed by atoms with Crippen molar-refractivity contribution in [3.05, 3.63) is 64.2 Å². The maximum atomic E-state index is 11.1. The fourth-order valence-electron chi connectivity index (χ4n) is 4.13. The Morgan fingerprint density at radius 1 is 1.04 bits per heavy atom. The van der Waals surface area contributed by atoms with E-state index in [4.69, 9.17) is 9.84 Å². The number of ether oxygens (including phenoxy) is 1. The van der Waals surface area contributed by atoms with Crippen LogP contribution < -0.4 is 10.1 Å². The molecule has 0 aromatic heterocycles. The summed E-state index contributed by atoms with van der Waals surface area (Å²) in [6.45, 7) is 7.67. The zero-order valence-corrected chi connectivity index (χ0v) is 17.1. The molecule has 0 bridgehead atoms. The second-order valence-corrected chi connectivity index (χ2v) is 8.10. The van der Waals surface area contributed by atoms with Crippen molar-refractivity contribution in [3.8, 4) is 5.75 Å². The third-order valence-electron chi connectivity index (χ3n) is 5.66. The first kappa shape index (κ1) is 20.4. The lowest BCUT2D eigenvalue weighted by atomic mass is 9.86. The fourth-order valence-corrected chi connectivity index (χ4v) is 4.13. The Morgan fingerprint density at radius 3 is 2.32 bits per heavy atom. The normalized spacial score (nSPS) is 19.4. The van der Waals surface area contributed by atoms with E-state index in [2.05, 4.69) is 62.5 Å². The van der Waals surface area contributed by atoms with Gasteiger partial charge in [0.05, 0.1) is 5.92 Å². The Hall–Kier alpha value is -2.33. The number of benzene rings is 2. The van der Waals surface area contributed by atoms with Gasteiger partial charge in [-0.1, -0.05) is 42.0 Å². The highest BCUT2D eigenvalue weighted by atomic mass is 16.5. The number of carboxylic acid groups (broad SMARTS) is 1. The van der Waals surface area contributed by atoms with Gasteiger partial charge in [0.1, 0.15) is 12.4 Å². The molecule has 0 amide bonds. The molecule has 1 saturated carbocycles. The highest BCUT2D eigenvalue weighted by molar-refractivity contribution is 5.70. The molecule has 4 nitrogen and oxygen atoms in total. The SMILES string of the molecule is Cc1cccc(COc2c(C)cc(CNC3CCC(C(=O)O)CC3)cc2C)c1. The quantitative estimate of drug-likeness (QED) is 0.714. The molecular formula is C24H31NO3. The van der Waals surface area contributed by atoms with Crippen molar-refractivity contribution in [1.29, 1.82) is 0 Å². The van der Waals surface area contributed by atoms with Gasteiger partial charge in [-0.2, -0.15) is 0 Å². The molecule has 28 heavy (non-hydrogen) atoms. The monoisotopic (exact) mass is 381 g/mol. The molecule has 0 unspecified atom stereocenters. The zero-order valence-electron chi connectivity index (χ0n) is 17.1. The van der Waals surface area contributed by atoms with E-state index in [9.17, 15) is 4.79 Å². The first-order chi connectivity index (χ1) is 13.4. The minimum Gasteiger partial charge on any atom is -0.488 e. The Balaban J connectivity index is 1.55. The van der Waals surface area contributed by atoms with Crippen molar-refractivity contribution in [2.75, 3.05) is 0 Å². The molecule has 3 rings (SSSR count). The molecule has 2 N–H and O–H groups in total. The van der Waals surface area contributed by atoms with E-state index < -0.39 is 5.97 Å². The van der Waals surface area contributed by atoms with Crippen LogP contribution in [0.3, 0.4) is 0 Å². The lowest BCUT2D eigenvalue weighted by Gasteiger charge is -2.27. The third kappa shape index (κ3) is 5.35. The maximum absolute atomic E-state index is 11.1. The minimum atomic E-state index is -0.647. The Bertz CT molecular complexity index is 799. The van der Waals surface area contributed by atoms with E-state index >= 15 is 0 Å². The van der Waals surface area contributed by atoms with Crippen molar-refractivity contribution in [1.82, 2.24) is 5.32 Å². The van der Waals surface area contributed by atoms with E-state index in [1.54, 1.807) is 0 Å². The van der Waals surface area contributed by atoms with Crippen molar-refractivity contribution in [2.45, 2.75) is 65.6 Å². The van der Waals surface area contributed by atoms with Crippen LogP contribution in [0.2, 0.25) is 0 Å². The van der Waals surface area contributed by atoms with E-state index in [-0.39, 0.29) is 5.92 Å². The molecule has 0 heterocycles. The summed E-state index contributed by atoms with van der Waals surface area (Å²) in [5, 5.41) is 12.7. The van der Waals surface area contributed by atoms with Gasteiger partial charge in [-0.25, -0.2) is 0 Å². The van der Waals surface area contributed by atoms with Gasteiger partial charge in [-0.3, -0.25) is 4.79 Å². The van der Waals surface area contributed by atoms with Gasteiger partial charge in [0.15, 0.2) is 0 Å². The van der Waals surface area contributed by atoms with Crippen molar-refractivity contribution in [2.24, 2.45) is 5.92 Å². The van der Waals surface area contributed by atoms with Gasteiger partial charge in [0, 0.05) is 12.6 Å². The number of aliphatic carboxylic acids is 1. The van der Waals surface area contributed by atoms with E-state index in [0.717, 1.165) is 49.1 Å². The average Bonchev–Trinajstić information content (AvgIpc) is 2.66. The zero-order chi connectivity index (χ0) is 20.1. The van der Waals surface area contributed by atoms with Gasteiger partial charge in [0.25, 0.3) is 0 Å². The molecular weight excluding hydrogens is 350 g/mol. The lowest BCUT2D eigenvalue weighted by molar-refractivity contribution is -0.142.